The third-order valence-electron chi connectivity index (χ3n) is 0.808. The van der Waals surface area contributed by atoms with E-state index >= 15 is 0 Å². The molecule has 0 atom stereocenters. The molecule has 0 saturated carbocycles. The molecule has 0 fully saturated rings. The van der Waals surface area contributed by atoms with E-state index in [1.165, 1.54) is 7.11 Å². The molecule has 0 aromatic heterocycles. The van der Waals surface area contributed by atoms with Crippen molar-refractivity contribution < 1.29 is 4.74 Å². The molecule has 2 nitrogen and oxygen atoms in total. The van der Waals surface area contributed by atoms with E-state index < -0.39 is 0 Å². The first-order valence-corrected chi connectivity index (χ1v) is 3.16. The van der Waals surface area contributed by atoms with Gasteiger partial charge in [-0.1, -0.05) is 0 Å². The highest BCUT2D eigenvalue weighted by Gasteiger charge is 1.90. The average Bonchev–Trinajstić information content (AvgIpc) is 1.83. The van der Waals surface area contributed by atoms with Crippen LogP contribution in [0.3, 0.4) is 0 Å². The van der Waals surface area contributed by atoms with Crippen LogP contribution in [-0.4, -0.2) is 18.8 Å². The quantitative estimate of drug-likeness (QED) is 0.377. The van der Waals surface area contributed by atoms with Gasteiger partial charge in [-0.2, -0.15) is 12.6 Å². The van der Waals surface area contributed by atoms with Gasteiger partial charge in [-0.3, -0.25) is 5.41 Å². The summed E-state index contributed by atoms with van der Waals surface area (Å²) >= 11 is 3.98. The molecule has 0 aliphatic carbocycles. The summed E-state index contributed by atoms with van der Waals surface area (Å²) < 4.78 is 4.60. The van der Waals surface area contributed by atoms with Crippen LogP contribution in [0, 0.1) is 5.41 Å². The highest BCUT2D eigenvalue weighted by atomic mass is 35.5. The Kier molecular flexibility index (Phi) is 10.7. The van der Waals surface area contributed by atoms with E-state index in [9.17, 15) is 0 Å². The van der Waals surface area contributed by atoms with Gasteiger partial charge in [0, 0.05) is 6.42 Å². The van der Waals surface area contributed by atoms with Crippen LogP contribution < -0.4 is 0 Å². The van der Waals surface area contributed by atoms with Crippen LogP contribution in [0.15, 0.2) is 0 Å². The Balaban J connectivity index is 0. The molecule has 1 N–H and O–H groups in total. The molecule has 0 saturated heterocycles. The predicted molar refractivity (Wildman–Crippen MR) is 45.1 cm³/mol. The number of hydrogen-bond donors (Lipinski definition) is 2. The summed E-state index contributed by atoms with van der Waals surface area (Å²) in [5.41, 5.74) is 0. The molecule has 0 aliphatic heterocycles. The lowest BCUT2D eigenvalue weighted by atomic mass is 10.3. The number of halogens is 1. The lowest BCUT2D eigenvalue weighted by molar-refractivity contribution is 0.385. The maximum atomic E-state index is 6.98. The number of ether oxygens (including phenoxy) is 1. The van der Waals surface area contributed by atoms with Crippen molar-refractivity contribution in [2.24, 2.45) is 0 Å². The van der Waals surface area contributed by atoms with Crippen molar-refractivity contribution in [2.45, 2.75) is 12.8 Å². The van der Waals surface area contributed by atoms with E-state index in [0.29, 0.717) is 12.3 Å². The molecule has 0 heterocycles. The van der Waals surface area contributed by atoms with Crippen molar-refractivity contribution in [1.82, 2.24) is 0 Å². The lowest BCUT2D eigenvalue weighted by Crippen LogP contribution is -1.98. The van der Waals surface area contributed by atoms with Crippen LogP contribution in [0.2, 0.25) is 0 Å². The van der Waals surface area contributed by atoms with Crippen LogP contribution in [0.1, 0.15) is 12.8 Å². The van der Waals surface area contributed by atoms with Crippen molar-refractivity contribution >= 4 is 30.9 Å². The molecule has 0 aromatic carbocycles. The van der Waals surface area contributed by atoms with Gasteiger partial charge in [0.15, 0.2) is 5.90 Å². The SMILES string of the molecule is COC(=N)CCCS.Cl. The van der Waals surface area contributed by atoms with E-state index in [2.05, 4.69) is 17.4 Å². The van der Waals surface area contributed by atoms with Crippen LogP contribution in [0.25, 0.3) is 0 Å². The molecular formula is C5H12ClNOS. The van der Waals surface area contributed by atoms with Crippen molar-refractivity contribution in [1.29, 1.82) is 5.41 Å². The standard InChI is InChI=1S/C5H11NOS.ClH/c1-7-5(6)3-2-4-8;/h6,8H,2-4H2,1H3;1H. The Bertz CT molecular complexity index is 79.4. The van der Waals surface area contributed by atoms with Gasteiger partial charge in [0.1, 0.15) is 0 Å². The fourth-order valence-electron chi connectivity index (χ4n) is 0.342. The Labute approximate surface area is 67.3 Å². The molecule has 0 radical (unpaired) electrons. The fraction of sp³-hybridized carbons (Fsp3) is 0.800. The first kappa shape index (κ1) is 11.9. The summed E-state index contributed by atoms with van der Waals surface area (Å²) in [6, 6.07) is 0. The minimum atomic E-state index is 0. The number of rotatable bonds is 3. The van der Waals surface area contributed by atoms with Crippen LogP contribution in [0.4, 0.5) is 0 Å². The maximum absolute atomic E-state index is 6.98. The van der Waals surface area contributed by atoms with Gasteiger partial charge >= 0.3 is 0 Å². The molecule has 9 heavy (non-hydrogen) atoms. The van der Waals surface area contributed by atoms with E-state index in [1.807, 2.05) is 0 Å². The molecule has 0 unspecified atom stereocenters. The first-order chi connectivity index (χ1) is 3.81. The third kappa shape index (κ3) is 8.11. The largest absolute Gasteiger partial charge is 0.484 e. The van der Waals surface area contributed by atoms with Crippen LogP contribution in [-0.2, 0) is 4.74 Å². The number of nitrogens with one attached hydrogen (secondary N) is 1. The number of methoxy groups -OCH3 is 1. The van der Waals surface area contributed by atoms with Gasteiger partial charge < -0.3 is 4.74 Å². The summed E-state index contributed by atoms with van der Waals surface area (Å²) in [5, 5.41) is 6.98. The zero-order valence-electron chi connectivity index (χ0n) is 5.39. The van der Waals surface area contributed by atoms with Gasteiger partial charge in [-0.25, -0.2) is 0 Å². The predicted octanol–water partition coefficient (Wildman–Crippen LogP) is 1.74. The Morgan fingerprint density at radius 1 is 1.67 bits per heavy atom. The van der Waals surface area contributed by atoms with Crippen molar-refractivity contribution in [3.63, 3.8) is 0 Å². The molecule has 4 heteroatoms. The molecule has 56 valence electrons. The molecule has 0 bridgehead atoms. The monoisotopic (exact) mass is 169 g/mol. The van der Waals surface area contributed by atoms with E-state index in [-0.39, 0.29) is 12.4 Å². The van der Waals surface area contributed by atoms with Crippen molar-refractivity contribution in [2.75, 3.05) is 12.9 Å². The van der Waals surface area contributed by atoms with Crippen LogP contribution >= 0.6 is 25.0 Å². The minimum absolute atomic E-state index is 0. The third-order valence-corrected chi connectivity index (χ3v) is 1.12. The second-order valence-electron chi connectivity index (χ2n) is 1.45. The van der Waals surface area contributed by atoms with Gasteiger partial charge in [0.2, 0.25) is 0 Å². The topological polar surface area (TPSA) is 33.1 Å². The average molecular weight is 170 g/mol. The summed E-state index contributed by atoms with van der Waals surface area (Å²) in [4.78, 5) is 0. The van der Waals surface area contributed by atoms with E-state index in [0.717, 1.165) is 12.2 Å². The van der Waals surface area contributed by atoms with E-state index in [1.54, 1.807) is 0 Å². The lowest BCUT2D eigenvalue weighted by Gasteiger charge is -1.97. The Morgan fingerprint density at radius 2 is 2.22 bits per heavy atom. The second kappa shape index (κ2) is 8.11. The number of thiol groups is 1. The van der Waals surface area contributed by atoms with Gasteiger partial charge in [-0.05, 0) is 12.2 Å². The minimum Gasteiger partial charge on any atom is -0.484 e. The fourth-order valence-corrected chi connectivity index (χ4v) is 0.500. The zero-order chi connectivity index (χ0) is 6.41. The van der Waals surface area contributed by atoms with Gasteiger partial charge in [0.25, 0.3) is 0 Å². The van der Waals surface area contributed by atoms with Gasteiger partial charge in [-0.15, -0.1) is 12.4 Å². The summed E-state index contributed by atoms with van der Waals surface area (Å²) in [6.45, 7) is 0. The summed E-state index contributed by atoms with van der Waals surface area (Å²) in [6.07, 6.45) is 1.63. The molecule has 0 amide bonds. The van der Waals surface area contributed by atoms with E-state index in [4.69, 9.17) is 5.41 Å². The molecule has 0 aromatic rings. The second-order valence-corrected chi connectivity index (χ2v) is 1.90. The van der Waals surface area contributed by atoms with Gasteiger partial charge in [0.05, 0.1) is 7.11 Å². The molecule has 0 rings (SSSR count). The summed E-state index contributed by atoms with van der Waals surface area (Å²) in [5.74, 6) is 1.17. The first-order valence-electron chi connectivity index (χ1n) is 2.53. The Morgan fingerprint density at radius 3 is 2.56 bits per heavy atom. The molecule has 0 spiro atoms. The smallest absolute Gasteiger partial charge is 0.180 e. The summed E-state index contributed by atoms with van der Waals surface area (Å²) in [7, 11) is 1.51. The number of hydrogen-bond acceptors (Lipinski definition) is 3. The maximum Gasteiger partial charge on any atom is 0.180 e. The van der Waals surface area contributed by atoms with Crippen molar-refractivity contribution in [3.05, 3.63) is 0 Å². The molecular weight excluding hydrogens is 158 g/mol. The molecule has 0 aliphatic rings. The zero-order valence-corrected chi connectivity index (χ0v) is 7.10. The Hall–Kier alpha value is 0.110. The van der Waals surface area contributed by atoms with Crippen molar-refractivity contribution in [3.8, 4) is 0 Å². The highest BCUT2D eigenvalue weighted by Crippen LogP contribution is 1.92. The highest BCUT2D eigenvalue weighted by molar-refractivity contribution is 7.80. The van der Waals surface area contributed by atoms with Crippen LogP contribution in [0.5, 0.6) is 0 Å². The normalized spacial score (nSPS) is 7.78.